The van der Waals surface area contributed by atoms with E-state index in [-0.39, 0.29) is 11.3 Å². The molecule has 18 heavy (non-hydrogen) atoms. The first-order valence-electron chi connectivity index (χ1n) is 6.19. The van der Waals surface area contributed by atoms with Crippen molar-refractivity contribution in [1.29, 1.82) is 0 Å². The van der Waals surface area contributed by atoms with Crippen LogP contribution in [-0.4, -0.2) is 25.6 Å². The Balaban J connectivity index is 2.61. The van der Waals surface area contributed by atoms with Crippen molar-refractivity contribution >= 4 is 28.6 Å². The van der Waals surface area contributed by atoms with Crippen molar-refractivity contribution in [3.05, 3.63) is 11.6 Å². The minimum Gasteiger partial charge on any atom is -0.366 e. The molecule has 98 valence electrons. The third-order valence-corrected chi connectivity index (χ3v) is 3.06. The van der Waals surface area contributed by atoms with Crippen LogP contribution in [0.25, 0.3) is 11.2 Å². The Hall–Kier alpha value is -1.36. The van der Waals surface area contributed by atoms with Gasteiger partial charge in [-0.25, -0.2) is 4.98 Å². The van der Waals surface area contributed by atoms with E-state index in [0.717, 1.165) is 17.8 Å². The Bertz CT molecular complexity index is 549. The minimum atomic E-state index is 0.222. The zero-order valence-corrected chi connectivity index (χ0v) is 11.9. The lowest BCUT2D eigenvalue weighted by atomic mass is 10.2. The lowest BCUT2D eigenvalue weighted by molar-refractivity contribution is 0.544. The molecule has 0 bridgehead atoms. The summed E-state index contributed by atoms with van der Waals surface area (Å²) >= 11 is 5.92. The van der Waals surface area contributed by atoms with Crippen molar-refractivity contribution in [2.24, 2.45) is 0 Å². The number of anilines is 1. The van der Waals surface area contributed by atoms with E-state index >= 15 is 0 Å². The Labute approximate surface area is 112 Å². The number of fused-ring (bicyclic) bond motifs is 1. The molecule has 2 heterocycles. The van der Waals surface area contributed by atoms with Gasteiger partial charge in [-0.15, -0.1) is 0 Å². The van der Waals surface area contributed by atoms with E-state index in [4.69, 9.17) is 11.6 Å². The Morgan fingerprint density at radius 2 is 2.06 bits per heavy atom. The summed E-state index contributed by atoms with van der Waals surface area (Å²) in [5, 5.41) is 3.52. The van der Waals surface area contributed by atoms with Gasteiger partial charge in [0, 0.05) is 12.1 Å². The molecule has 1 atom stereocenters. The van der Waals surface area contributed by atoms with Crippen LogP contribution in [0.1, 0.15) is 40.2 Å². The Morgan fingerprint density at radius 3 is 2.67 bits per heavy atom. The zero-order valence-electron chi connectivity index (χ0n) is 11.1. The van der Waals surface area contributed by atoms with Crippen LogP contribution in [0.5, 0.6) is 0 Å². The Kier molecular flexibility index (Phi) is 3.71. The van der Waals surface area contributed by atoms with Gasteiger partial charge in [-0.2, -0.15) is 9.97 Å². The molecule has 2 rings (SSSR count). The van der Waals surface area contributed by atoms with E-state index in [1.54, 1.807) is 6.33 Å². The summed E-state index contributed by atoms with van der Waals surface area (Å²) in [5.41, 5.74) is 1.56. The second-order valence-electron chi connectivity index (χ2n) is 4.72. The molecular weight excluding hydrogens is 250 g/mol. The molecule has 0 saturated carbocycles. The first-order valence-corrected chi connectivity index (χ1v) is 6.57. The maximum absolute atomic E-state index is 5.92. The average Bonchev–Trinajstić information content (AvgIpc) is 2.70. The van der Waals surface area contributed by atoms with Crippen LogP contribution in [0, 0.1) is 0 Å². The van der Waals surface area contributed by atoms with Gasteiger partial charge in [-0.3, -0.25) is 0 Å². The number of imidazole rings is 1. The van der Waals surface area contributed by atoms with Gasteiger partial charge < -0.3 is 9.88 Å². The first kappa shape index (κ1) is 13.1. The van der Waals surface area contributed by atoms with Crippen molar-refractivity contribution in [2.75, 3.05) is 5.32 Å². The smallest absolute Gasteiger partial charge is 0.226 e. The quantitative estimate of drug-likeness (QED) is 0.864. The van der Waals surface area contributed by atoms with Crippen molar-refractivity contribution < 1.29 is 0 Å². The molecule has 0 aromatic carbocycles. The Morgan fingerprint density at radius 1 is 1.33 bits per heavy atom. The van der Waals surface area contributed by atoms with E-state index < -0.39 is 0 Å². The van der Waals surface area contributed by atoms with Gasteiger partial charge in [-0.1, -0.05) is 6.92 Å². The van der Waals surface area contributed by atoms with Crippen molar-refractivity contribution in [3.8, 4) is 0 Å². The number of rotatable bonds is 4. The lowest BCUT2D eigenvalue weighted by Crippen LogP contribution is -2.14. The predicted octanol–water partition coefficient (Wildman–Crippen LogP) is 3.27. The molecule has 0 aliphatic carbocycles. The minimum absolute atomic E-state index is 0.222. The zero-order chi connectivity index (χ0) is 13.3. The summed E-state index contributed by atoms with van der Waals surface area (Å²) < 4.78 is 2.09. The molecule has 0 saturated heterocycles. The SMILES string of the molecule is CCC(C)n1cnc2nc(Cl)nc(NC(C)C)c21. The highest BCUT2D eigenvalue weighted by Crippen LogP contribution is 2.25. The van der Waals surface area contributed by atoms with Crippen LogP contribution < -0.4 is 5.32 Å². The predicted molar refractivity (Wildman–Crippen MR) is 74.1 cm³/mol. The molecule has 0 fully saturated rings. The van der Waals surface area contributed by atoms with Crippen molar-refractivity contribution in [1.82, 2.24) is 19.5 Å². The van der Waals surface area contributed by atoms with Gasteiger partial charge in [-0.05, 0) is 38.8 Å². The van der Waals surface area contributed by atoms with Crippen LogP contribution in [0.2, 0.25) is 5.28 Å². The van der Waals surface area contributed by atoms with Crippen LogP contribution in [0.15, 0.2) is 6.33 Å². The molecule has 1 unspecified atom stereocenters. The van der Waals surface area contributed by atoms with E-state index in [0.29, 0.717) is 11.7 Å². The topological polar surface area (TPSA) is 55.6 Å². The largest absolute Gasteiger partial charge is 0.366 e. The highest BCUT2D eigenvalue weighted by Gasteiger charge is 2.16. The maximum Gasteiger partial charge on any atom is 0.226 e. The summed E-state index contributed by atoms with van der Waals surface area (Å²) in [5.74, 6) is 0.748. The van der Waals surface area contributed by atoms with Crippen LogP contribution in [-0.2, 0) is 0 Å². The molecule has 1 N–H and O–H groups in total. The highest BCUT2D eigenvalue weighted by molar-refractivity contribution is 6.28. The number of hydrogen-bond acceptors (Lipinski definition) is 4. The molecule has 6 heteroatoms. The van der Waals surface area contributed by atoms with E-state index in [2.05, 4.69) is 52.5 Å². The fourth-order valence-corrected chi connectivity index (χ4v) is 1.99. The molecule has 0 amide bonds. The summed E-state index contributed by atoms with van der Waals surface area (Å²) in [6.07, 6.45) is 2.82. The average molecular weight is 268 g/mol. The second kappa shape index (κ2) is 5.10. The van der Waals surface area contributed by atoms with Crippen LogP contribution >= 0.6 is 11.6 Å². The standard InChI is InChI=1S/C12H18ClN5/c1-5-8(4)18-6-14-10-9(18)11(15-7(2)3)17-12(13)16-10/h6-8H,5H2,1-4H3,(H,15,16,17). The van der Waals surface area contributed by atoms with Gasteiger partial charge in [0.15, 0.2) is 11.5 Å². The number of halogens is 1. The molecule has 0 spiro atoms. The van der Waals surface area contributed by atoms with Gasteiger partial charge >= 0.3 is 0 Å². The normalized spacial score (nSPS) is 13.2. The van der Waals surface area contributed by atoms with Gasteiger partial charge in [0.25, 0.3) is 0 Å². The van der Waals surface area contributed by atoms with Crippen molar-refractivity contribution in [2.45, 2.75) is 46.2 Å². The molecule has 5 nitrogen and oxygen atoms in total. The second-order valence-corrected chi connectivity index (χ2v) is 5.06. The number of nitrogens with zero attached hydrogens (tertiary/aromatic N) is 4. The summed E-state index contributed by atoms with van der Waals surface area (Å²) in [4.78, 5) is 12.7. The molecular formula is C12H18ClN5. The third kappa shape index (κ3) is 2.41. The highest BCUT2D eigenvalue weighted by atomic mass is 35.5. The number of nitrogens with one attached hydrogen (secondary N) is 1. The molecule has 2 aromatic rings. The molecule has 0 aliphatic heterocycles. The summed E-state index contributed by atoms with van der Waals surface area (Å²) in [6, 6.07) is 0.631. The molecule has 2 aromatic heterocycles. The summed E-state index contributed by atoms with van der Waals surface area (Å²) in [6.45, 7) is 8.41. The summed E-state index contributed by atoms with van der Waals surface area (Å²) in [7, 11) is 0. The van der Waals surface area contributed by atoms with Gasteiger partial charge in [0.2, 0.25) is 5.28 Å². The lowest BCUT2D eigenvalue weighted by Gasteiger charge is -2.15. The van der Waals surface area contributed by atoms with Crippen LogP contribution in [0.3, 0.4) is 0 Å². The number of hydrogen-bond donors (Lipinski definition) is 1. The fourth-order valence-electron chi connectivity index (χ4n) is 1.82. The number of aromatic nitrogens is 4. The molecule has 0 aliphatic rings. The van der Waals surface area contributed by atoms with Crippen LogP contribution in [0.4, 0.5) is 5.82 Å². The van der Waals surface area contributed by atoms with Crippen molar-refractivity contribution in [3.63, 3.8) is 0 Å². The van der Waals surface area contributed by atoms with E-state index in [1.807, 2.05) is 0 Å². The van der Waals surface area contributed by atoms with Gasteiger partial charge in [0.05, 0.1) is 6.33 Å². The first-order chi connectivity index (χ1) is 8.52. The van der Waals surface area contributed by atoms with E-state index in [9.17, 15) is 0 Å². The monoisotopic (exact) mass is 267 g/mol. The maximum atomic E-state index is 5.92. The molecule has 0 radical (unpaired) electrons. The third-order valence-electron chi connectivity index (χ3n) is 2.89. The fraction of sp³-hybridized carbons (Fsp3) is 0.583. The van der Waals surface area contributed by atoms with E-state index in [1.165, 1.54) is 0 Å². The van der Waals surface area contributed by atoms with Gasteiger partial charge in [0.1, 0.15) is 5.52 Å².